The molecule has 0 aliphatic carbocycles. The number of aromatic nitrogens is 1. The number of halogens is 3. The standard InChI is InChI=1S/C14H11F3N2OS/c15-14(16,17)10-5-1-2-6-11(10)20-8-9-4-3-7-19-12(9)13(18)21/h1-7H,8H2,(H2,18,21). The van der Waals surface area contributed by atoms with E-state index in [1.54, 1.807) is 12.1 Å². The molecule has 0 unspecified atom stereocenters. The van der Waals surface area contributed by atoms with Gasteiger partial charge in [0, 0.05) is 11.8 Å². The Balaban J connectivity index is 2.24. The summed E-state index contributed by atoms with van der Waals surface area (Å²) < 4.78 is 43.8. The van der Waals surface area contributed by atoms with E-state index in [1.807, 2.05) is 0 Å². The van der Waals surface area contributed by atoms with Crippen LogP contribution in [0.25, 0.3) is 0 Å². The zero-order chi connectivity index (χ0) is 15.5. The van der Waals surface area contributed by atoms with Crippen molar-refractivity contribution in [3.63, 3.8) is 0 Å². The van der Waals surface area contributed by atoms with Crippen molar-refractivity contribution in [1.29, 1.82) is 0 Å². The van der Waals surface area contributed by atoms with Crippen molar-refractivity contribution < 1.29 is 17.9 Å². The molecule has 1 aromatic heterocycles. The van der Waals surface area contributed by atoms with E-state index in [4.69, 9.17) is 22.7 Å². The fourth-order valence-corrected chi connectivity index (χ4v) is 1.94. The summed E-state index contributed by atoms with van der Waals surface area (Å²) in [5.74, 6) is -0.247. The van der Waals surface area contributed by atoms with E-state index in [9.17, 15) is 13.2 Å². The summed E-state index contributed by atoms with van der Waals surface area (Å²) in [7, 11) is 0. The summed E-state index contributed by atoms with van der Waals surface area (Å²) in [6.45, 7) is -0.104. The number of thiocarbonyl (C=S) groups is 1. The van der Waals surface area contributed by atoms with Gasteiger partial charge in [0.15, 0.2) is 0 Å². The molecule has 2 N–H and O–H groups in total. The molecule has 21 heavy (non-hydrogen) atoms. The predicted octanol–water partition coefficient (Wildman–Crippen LogP) is 3.31. The van der Waals surface area contributed by atoms with Crippen LogP contribution in [0, 0.1) is 0 Å². The first-order valence-corrected chi connectivity index (χ1v) is 6.33. The number of para-hydroxylation sites is 1. The second kappa shape index (κ2) is 6.09. The van der Waals surface area contributed by atoms with Crippen LogP contribution in [0.2, 0.25) is 0 Å². The number of hydrogen-bond acceptors (Lipinski definition) is 3. The lowest BCUT2D eigenvalue weighted by atomic mass is 10.2. The molecule has 0 saturated heterocycles. The van der Waals surface area contributed by atoms with Crippen molar-refractivity contribution in [2.45, 2.75) is 12.8 Å². The molecule has 0 aliphatic heterocycles. The number of alkyl halides is 3. The van der Waals surface area contributed by atoms with Gasteiger partial charge in [-0.3, -0.25) is 4.98 Å². The van der Waals surface area contributed by atoms with Crippen LogP contribution in [0.4, 0.5) is 13.2 Å². The van der Waals surface area contributed by atoms with E-state index in [0.29, 0.717) is 11.3 Å². The van der Waals surface area contributed by atoms with Crippen LogP contribution in [0.5, 0.6) is 5.75 Å². The number of nitrogens with two attached hydrogens (primary N) is 1. The Kier molecular flexibility index (Phi) is 4.42. The van der Waals surface area contributed by atoms with E-state index in [1.165, 1.54) is 24.4 Å². The molecular formula is C14H11F3N2OS. The van der Waals surface area contributed by atoms with Gasteiger partial charge < -0.3 is 10.5 Å². The Morgan fingerprint density at radius 3 is 2.57 bits per heavy atom. The molecule has 1 aromatic carbocycles. The Morgan fingerprint density at radius 1 is 1.19 bits per heavy atom. The SMILES string of the molecule is NC(=S)c1ncccc1COc1ccccc1C(F)(F)F. The van der Waals surface area contributed by atoms with E-state index in [-0.39, 0.29) is 17.3 Å². The maximum absolute atomic E-state index is 12.8. The highest BCUT2D eigenvalue weighted by Crippen LogP contribution is 2.36. The van der Waals surface area contributed by atoms with Crippen molar-refractivity contribution in [3.05, 3.63) is 59.4 Å². The molecule has 2 aromatic rings. The minimum atomic E-state index is -4.47. The fourth-order valence-electron chi connectivity index (χ4n) is 1.76. The van der Waals surface area contributed by atoms with Gasteiger partial charge in [-0.25, -0.2) is 0 Å². The van der Waals surface area contributed by atoms with Gasteiger partial charge in [-0.15, -0.1) is 0 Å². The van der Waals surface area contributed by atoms with Crippen molar-refractivity contribution in [1.82, 2.24) is 4.98 Å². The third-order valence-electron chi connectivity index (χ3n) is 2.70. The summed E-state index contributed by atoms with van der Waals surface area (Å²) in [5, 5.41) is 0. The second-order valence-electron chi connectivity index (χ2n) is 4.16. The average molecular weight is 312 g/mol. The topological polar surface area (TPSA) is 48.1 Å². The average Bonchev–Trinajstić information content (AvgIpc) is 2.44. The zero-order valence-corrected chi connectivity index (χ0v) is 11.5. The third kappa shape index (κ3) is 3.69. The largest absolute Gasteiger partial charge is 0.488 e. The highest BCUT2D eigenvalue weighted by molar-refractivity contribution is 7.80. The smallest absolute Gasteiger partial charge is 0.419 e. The maximum atomic E-state index is 12.8. The van der Waals surface area contributed by atoms with Crippen molar-refractivity contribution in [2.75, 3.05) is 0 Å². The molecule has 0 spiro atoms. The summed E-state index contributed by atoms with van der Waals surface area (Å²) >= 11 is 4.85. The highest BCUT2D eigenvalue weighted by atomic mass is 32.1. The number of hydrogen-bond donors (Lipinski definition) is 1. The maximum Gasteiger partial charge on any atom is 0.419 e. The molecule has 0 bridgehead atoms. The first-order chi connectivity index (χ1) is 9.89. The quantitative estimate of drug-likeness (QED) is 0.880. The van der Waals surface area contributed by atoms with Crippen LogP contribution < -0.4 is 10.5 Å². The molecule has 110 valence electrons. The Morgan fingerprint density at radius 2 is 1.90 bits per heavy atom. The van der Waals surface area contributed by atoms with Gasteiger partial charge >= 0.3 is 6.18 Å². The number of pyridine rings is 1. The molecule has 1 heterocycles. The lowest BCUT2D eigenvalue weighted by Gasteiger charge is -2.14. The van der Waals surface area contributed by atoms with Crippen LogP contribution in [0.3, 0.4) is 0 Å². The van der Waals surface area contributed by atoms with E-state index < -0.39 is 11.7 Å². The van der Waals surface area contributed by atoms with Crippen molar-refractivity contribution >= 4 is 17.2 Å². The molecule has 7 heteroatoms. The number of rotatable bonds is 4. The van der Waals surface area contributed by atoms with E-state index in [0.717, 1.165) is 6.07 Å². The highest BCUT2D eigenvalue weighted by Gasteiger charge is 2.34. The molecular weight excluding hydrogens is 301 g/mol. The summed E-state index contributed by atoms with van der Waals surface area (Å²) in [6.07, 6.45) is -2.97. The van der Waals surface area contributed by atoms with Crippen LogP contribution in [-0.4, -0.2) is 9.97 Å². The monoisotopic (exact) mass is 312 g/mol. The molecule has 0 aliphatic rings. The number of benzene rings is 1. The Bertz CT molecular complexity index is 659. The molecule has 2 rings (SSSR count). The third-order valence-corrected chi connectivity index (χ3v) is 2.89. The van der Waals surface area contributed by atoms with Gasteiger partial charge in [0.2, 0.25) is 0 Å². The van der Waals surface area contributed by atoms with Gasteiger partial charge in [-0.1, -0.05) is 30.4 Å². The minimum Gasteiger partial charge on any atom is -0.488 e. The van der Waals surface area contributed by atoms with Gasteiger partial charge in [-0.05, 0) is 18.2 Å². The normalized spacial score (nSPS) is 11.2. The minimum absolute atomic E-state index is 0.0679. The van der Waals surface area contributed by atoms with Crippen LogP contribution in [0.1, 0.15) is 16.8 Å². The predicted molar refractivity (Wildman–Crippen MR) is 75.9 cm³/mol. The molecule has 0 fully saturated rings. The molecule has 0 amide bonds. The number of nitrogens with zero attached hydrogens (tertiary/aromatic N) is 1. The Labute approximate surface area is 124 Å². The summed E-state index contributed by atoms with van der Waals surface area (Å²) in [6, 6.07) is 8.29. The van der Waals surface area contributed by atoms with Crippen LogP contribution in [-0.2, 0) is 12.8 Å². The summed E-state index contributed by atoms with van der Waals surface area (Å²) in [4.78, 5) is 4.06. The van der Waals surface area contributed by atoms with E-state index in [2.05, 4.69) is 4.98 Å². The molecule has 0 saturated carbocycles. The molecule has 0 atom stereocenters. The van der Waals surface area contributed by atoms with E-state index >= 15 is 0 Å². The van der Waals surface area contributed by atoms with Crippen molar-refractivity contribution in [3.8, 4) is 5.75 Å². The zero-order valence-electron chi connectivity index (χ0n) is 10.7. The van der Waals surface area contributed by atoms with Gasteiger partial charge in [0.1, 0.15) is 23.0 Å². The second-order valence-corrected chi connectivity index (χ2v) is 4.60. The van der Waals surface area contributed by atoms with Gasteiger partial charge in [-0.2, -0.15) is 13.2 Å². The fraction of sp³-hybridized carbons (Fsp3) is 0.143. The summed E-state index contributed by atoms with van der Waals surface area (Å²) in [5.41, 5.74) is 5.56. The first kappa shape index (κ1) is 15.2. The van der Waals surface area contributed by atoms with Crippen LogP contribution >= 0.6 is 12.2 Å². The van der Waals surface area contributed by atoms with Crippen LogP contribution in [0.15, 0.2) is 42.6 Å². The van der Waals surface area contributed by atoms with Gasteiger partial charge in [0.05, 0.1) is 5.56 Å². The van der Waals surface area contributed by atoms with Crippen molar-refractivity contribution in [2.24, 2.45) is 5.73 Å². The number of ether oxygens (including phenoxy) is 1. The lowest BCUT2D eigenvalue weighted by Crippen LogP contribution is -2.16. The lowest BCUT2D eigenvalue weighted by molar-refractivity contribution is -0.139. The molecule has 0 radical (unpaired) electrons. The Hall–Kier alpha value is -2.15. The first-order valence-electron chi connectivity index (χ1n) is 5.92. The molecule has 3 nitrogen and oxygen atoms in total. The van der Waals surface area contributed by atoms with Gasteiger partial charge in [0.25, 0.3) is 0 Å².